The van der Waals surface area contributed by atoms with Crippen LogP contribution < -0.4 is 11.1 Å². The zero-order valence-electron chi connectivity index (χ0n) is 15.2. The highest BCUT2D eigenvalue weighted by Gasteiger charge is 2.23. The number of carbonyl (C=O) groups is 1. The molecule has 0 saturated carbocycles. The van der Waals surface area contributed by atoms with Crippen molar-refractivity contribution in [1.29, 1.82) is 0 Å². The number of hydrogen-bond acceptors (Lipinski definition) is 4. The third-order valence-electron chi connectivity index (χ3n) is 5.37. The molecule has 0 saturated heterocycles. The summed E-state index contributed by atoms with van der Waals surface area (Å²) in [7, 11) is 0. The molecule has 0 aliphatic heterocycles. The zero-order chi connectivity index (χ0) is 19.0. The molecule has 4 rings (SSSR count). The van der Waals surface area contributed by atoms with E-state index in [1.165, 1.54) is 29.7 Å². The summed E-state index contributed by atoms with van der Waals surface area (Å²) >= 11 is 7.53. The fourth-order valence-corrected chi connectivity index (χ4v) is 4.90. The van der Waals surface area contributed by atoms with E-state index in [0.29, 0.717) is 22.1 Å². The molecule has 0 unspecified atom stereocenters. The molecule has 1 atom stereocenters. The number of carbonyl (C=O) groups excluding carboxylic acids is 1. The van der Waals surface area contributed by atoms with Gasteiger partial charge in [0.05, 0.1) is 5.69 Å². The van der Waals surface area contributed by atoms with E-state index in [1.807, 2.05) is 24.3 Å². The Labute approximate surface area is 167 Å². The predicted octanol–water partition coefficient (Wildman–Crippen LogP) is 4.98. The minimum atomic E-state index is -0.181. The summed E-state index contributed by atoms with van der Waals surface area (Å²) in [5.74, 6) is 0.537. The van der Waals surface area contributed by atoms with Crippen molar-refractivity contribution in [2.45, 2.75) is 39.2 Å². The van der Waals surface area contributed by atoms with Gasteiger partial charge in [0.2, 0.25) is 0 Å². The normalized spacial score (nSPS) is 16.3. The van der Waals surface area contributed by atoms with E-state index in [1.54, 1.807) is 0 Å². The second-order valence-electron chi connectivity index (χ2n) is 7.08. The van der Waals surface area contributed by atoms with E-state index in [2.05, 4.69) is 18.3 Å². The van der Waals surface area contributed by atoms with E-state index < -0.39 is 0 Å². The molecule has 1 amide bonds. The van der Waals surface area contributed by atoms with Crippen molar-refractivity contribution >= 4 is 44.7 Å². The van der Waals surface area contributed by atoms with Gasteiger partial charge in [-0.05, 0) is 48.4 Å². The van der Waals surface area contributed by atoms with E-state index in [4.69, 9.17) is 22.3 Å². The minimum absolute atomic E-state index is 0.181. The molecule has 1 aromatic carbocycles. The number of anilines is 1. The van der Waals surface area contributed by atoms with Gasteiger partial charge < -0.3 is 11.1 Å². The first kappa shape index (κ1) is 18.3. The quantitative estimate of drug-likeness (QED) is 0.650. The smallest absolute Gasteiger partial charge is 0.263 e. The van der Waals surface area contributed by atoms with Gasteiger partial charge in [-0.1, -0.05) is 43.1 Å². The summed E-state index contributed by atoms with van der Waals surface area (Å²) < 4.78 is 0. The number of halogens is 1. The molecule has 140 valence electrons. The van der Waals surface area contributed by atoms with E-state index in [0.717, 1.165) is 40.2 Å². The number of thiophene rings is 1. The molecule has 0 spiro atoms. The summed E-state index contributed by atoms with van der Waals surface area (Å²) in [6.07, 6.45) is 4.44. The second kappa shape index (κ2) is 7.49. The number of benzene rings is 1. The van der Waals surface area contributed by atoms with Crippen LogP contribution in [0.4, 0.5) is 5.69 Å². The Balaban J connectivity index is 1.60. The van der Waals surface area contributed by atoms with Gasteiger partial charge in [0.25, 0.3) is 5.91 Å². The summed E-state index contributed by atoms with van der Waals surface area (Å²) in [6.45, 7) is 2.61. The molecule has 1 aliphatic rings. The SMILES string of the molecule is CC[C@@H]1CCc2nc3sc(C(=O)NCc4ccccc4Cl)c(N)c3cc2C1. The van der Waals surface area contributed by atoms with Crippen LogP contribution in [0.3, 0.4) is 0 Å². The van der Waals surface area contributed by atoms with Crippen LogP contribution in [0.2, 0.25) is 5.02 Å². The van der Waals surface area contributed by atoms with E-state index >= 15 is 0 Å². The number of aryl methyl sites for hydroxylation is 1. The molecule has 1 aliphatic carbocycles. The Morgan fingerprint density at radius 2 is 2.22 bits per heavy atom. The number of fused-ring (bicyclic) bond motifs is 2. The van der Waals surface area contributed by atoms with Crippen LogP contribution in [0.5, 0.6) is 0 Å². The Morgan fingerprint density at radius 3 is 3.00 bits per heavy atom. The van der Waals surface area contributed by atoms with Crippen LogP contribution in [0.15, 0.2) is 30.3 Å². The molecule has 2 aromatic heterocycles. The Hall–Kier alpha value is -2.11. The number of nitrogens with one attached hydrogen (secondary N) is 1. The van der Waals surface area contributed by atoms with Crippen molar-refractivity contribution < 1.29 is 4.79 Å². The molecule has 0 bridgehead atoms. The van der Waals surface area contributed by atoms with Gasteiger partial charge in [-0.15, -0.1) is 11.3 Å². The van der Waals surface area contributed by atoms with Crippen LogP contribution in [-0.4, -0.2) is 10.9 Å². The van der Waals surface area contributed by atoms with E-state index in [-0.39, 0.29) is 5.91 Å². The highest BCUT2D eigenvalue weighted by molar-refractivity contribution is 7.21. The first-order valence-electron chi connectivity index (χ1n) is 9.29. The number of amides is 1. The molecule has 3 N–H and O–H groups in total. The maximum Gasteiger partial charge on any atom is 0.263 e. The molecule has 6 heteroatoms. The lowest BCUT2D eigenvalue weighted by Gasteiger charge is -2.22. The minimum Gasteiger partial charge on any atom is -0.397 e. The third kappa shape index (κ3) is 3.54. The number of rotatable bonds is 4. The summed E-state index contributed by atoms with van der Waals surface area (Å²) in [5.41, 5.74) is 10.2. The standard InChI is InChI=1S/C21H22ClN3OS/c1-2-12-7-8-17-14(9-12)10-15-18(23)19(27-21(15)25-17)20(26)24-11-13-5-3-4-6-16(13)22/h3-6,10,12H,2,7-9,11,23H2,1H3,(H,24,26)/t12-/m1/s1. The number of nitrogen functional groups attached to an aromatic ring is 1. The predicted molar refractivity (Wildman–Crippen MR) is 112 cm³/mol. The fourth-order valence-electron chi connectivity index (χ4n) is 3.68. The van der Waals surface area contributed by atoms with Crippen LogP contribution in [0, 0.1) is 5.92 Å². The summed E-state index contributed by atoms with van der Waals surface area (Å²) in [5, 5.41) is 4.46. The molecule has 4 nitrogen and oxygen atoms in total. The average molecular weight is 400 g/mol. The van der Waals surface area contributed by atoms with Crippen molar-refractivity contribution in [3.8, 4) is 0 Å². The number of hydrogen-bond donors (Lipinski definition) is 2. The van der Waals surface area contributed by atoms with Gasteiger partial charge in [-0.2, -0.15) is 0 Å². The lowest BCUT2D eigenvalue weighted by atomic mass is 9.85. The van der Waals surface area contributed by atoms with Crippen molar-refractivity contribution in [2.24, 2.45) is 5.92 Å². The highest BCUT2D eigenvalue weighted by Crippen LogP contribution is 2.36. The van der Waals surface area contributed by atoms with Crippen molar-refractivity contribution in [1.82, 2.24) is 10.3 Å². The number of nitrogens with two attached hydrogens (primary N) is 1. The van der Waals surface area contributed by atoms with Crippen molar-refractivity contribution in [3.05, 3.63) is 57.1 Å². The number of aromatic nitrogens is 1. The molecule has 0 fully saturated rings. The number of pyridine rings is 1. The molecular weight excluding hydrogens is 378 g/mol. The Morgan fingerprint density at radius 1 is 1.41 bits per heavy atom. The Bertz CT molecular complexity index is 1010. The topological polar surface area (TPSA) is 68.0 Å². The first-order chi connectivity index (χ1) is 13.1. The van der Waals surface area contributed by atoms with Crippen LogP contribution in [0.25, 0.3) is 10.2 Å². The summed E-state index contributed by atoms with van der Waals surface area (Å²) in [4.78, 5) is 18.9. The van der Waals surface area contributed by atoms with Gasteiger partial charge in [-0.25, -0.2) is 4.98 Å². The lowest BCUT2D eigenvalue weighted by Crippen LogP contribution is -2.22. The van der Waals surface area contributed by atoms with Crippen LogP contribution >= 0.6 is 22.9 Å². The summed E-state index contributed by atoms with van der Waals surface area (Å²) in [6, 6.07) is 9.63. The molecular formula is C21H22ClN3OS. The molecule has 27 heavy (non-hydrogen) atoms. The largest absolute Gasteiger partial charge is 0.397 e. The van der Waals surface area contributed by atoms with Crippen molar-refractivity contribution in [2.75, 3.05) is 5.73 Å². The maximum atomic E-state index is 12.7. The third-order valence-corrected chi connectivity index (χ3v) is 6.85. The first-order valence-corrected chi connectivity index (χ1v) is 10.5. The van der Waals surface area contributed by atoms with E-state index in [9.17, 15) is 4.79 Å². The Kier molecular flexibility index (Phi) is 5.06. The highest BCUT2D eigenvalue weighted by atomic mass is 35.5. The lowest BCUT2D eigenvalue weighted by molar-refractivity contribution is 0.0956. The monoisotopic (exact) mass is 399 g/mol. The van der Waals surface area contributed by atoms with Crippen LogP contribution in [-0.2, 0) is 19.4 Å². The fraction of sp³-hybridized carbons (Fsp3) is 0.333. The molecule has 0 radical (unpaired) electrons. The average Bonchev–Trinajstić information content (AvgIpc) is 3.01. The zero-order valence-corrected chi connectivity index (χ0v) is 16.8. The van der Waals surface area contributed by atoms with Gasteiger partial charge in [-0.3, -0.25) is 4.79 Å². The maximum absolute atomic E-state index is 12.7. The second-order valence-corrected chi connectivity index (χ2v) is 8.49. The van der Waals surface area contributed by atoms with Gasteiger partial charge in [0, 0.05) is 22.6 Å². The van der Waals surface area contributed by atoms with Crippen molar-refractivity contribution in [3.63, 3.8) is 0 Å². The van der Waals surface area contributed by atoms with Crippen LogP contribution in [0.1, 0.15) is 46.3 Å². The van der Waals surface area contributed by atoms with Gasteiger partial charge in [0.15, 0.2) is 0 Å². The molecule has 3 aromatic rings. The molecule has 2 heterocycles. The van der Waals surface area contributed by atoms with Gasteiger partial charge in [0.1, 0.15) is 9.71 Å². The van der Waals surface area contributed by atoms with Gasteiger partial charge >= 0.3 is 0 Å². The number of nitrogens with zero attached hydrogens (tertiary/aromatic N) is 1.